The van der Waals surface area contributed by atoms with Gasteiger partial charge in [-0.1, -0.05) is 48.9 Å². The van der Waals surface area contributed by atoms with Crippen molar-refractivity contribution >= 4 is 33.2 Å². The highest BCUT2D eigenvalue weighted by Crippen LogP contribution is 2.29. The molecule has 0 unspecified atom stereocenters. The fourth-order valence-electron chi connectivity index (χ4n) is 2.16. The van der Waals surface area contributed by atoms with Gasteiger partial charge < -0.3 is 0 Å². The van der Waals surface area contributed by atoms with Crippen LogP contribution < -0.4 is 0 Å². The molecular formula is C16H15ClN2S. The molecule has 20 heavy (non-hydrogen) atoms. The fourth-order valence-corrected chi connectivity index (χ4v) is 3.45. The van der Waals surface area contributed by atoms with Crippen LogP contribution in [-0.2, 0) is 19.3 Å². The summed E-state index contributed by atoms with van der Waals surface area (Å²) in [6.07, 6.45) is 2.77. The number of aryl methyl sites for hydroxylation is 3. The molecule has 0 bridgehead atoms. The summed E-state index contributed by atoms with van der Waals surface area (Å²) in [4.78, 5) is 11.4. The minimum Gasteiger partial charge on any atom is -0.222 e. The van der Waals surface area contributed by atoms with E-state index in [1.54, 1.807) is 11.3 Å². The van der Waals surface area contributed by atoms with Crippen molar-refractivity contribution < 1.29 is 0 Å². The van der Waals surface area contributed by atoms with Crippen LogP contribution in [0.1, 0.15) is 23.2 Å². The van der Waals surface area contributed by atoms with Gasteiger partial charge in [-0.2, -0.15) is 0 Å². The lowest BCUT2D eigenvalue weighted by molar-refractivity contribution is 0.871. The molecule has 0 spiro atoms. The molecule has 102 valence electrons. The van der Waals surface area contributed by atoms with Crippen LogP contribution >= 0.6 is 22.9 Å². The summed E-state index contributed by atoms with van der Waals surface area (Å²) in [5.74, 6) is 0.829. The highest BCUT2D eigenvalue weighted by Gasteiger charge is 2.09. The van der Waals surface area contributed by atoms with Crippen molar-refractivity contribution in [2.24, 2.45) is 0 Å². The first-order valence-electron chi connectivity index (χ1n) is 6.75. The lowest BCUT2D eigenvalue weighted by atomic mass is 10.1. The molecule has 3 aromatic rings. The van der Waals surface area contributed by atoms with Crippen molar-refractivity contribution in [2.45, 2.75) is 26.2 Å². The van der Waals surface area contributed by atoms with Crippen LogP contribution in [0, 0.1) is 0 Å². The second-order valence-electron chi connectivity index (χ2n) is 4.70. The van der Waals surface area contributed by atoms with Crippen LogP contribution in [-0.4, -0.2) is 9.97 Å². The van der Waals surface area contributed by atoms with Crippen molar-refractivity contribution in [1.29, 1.82) is 0 Å². The third-order valence-corrected chi connectivity index (χ3v) is 4.73. The van der Waals surface area contributed by atoms with Gasteiger partial charge in [-0.15, -0.1) is 11.3 Å². The maximum atomic E-state index is 6.27. The number of benzene rings is 1. The fraction of sp³-hybridized carbons (Fsp3) is 0.250. The number of nitrogens with zero attached hydrogens (tertiary/aromatic N) is 2. The van der Waals surface area contributed by atoms with E-state index in [0.29, 0.717) is 5.15 Å². The summed E-state index contributed by atoms with van der Waals surface area (Å²) in [6, 6.07) is 12.5. The lowest BCUT2D eigenvalue weighted by Crippen LogP contribution is -1.98. The molecule has 0 amide bonds. The van der Waals surface area contributed by atoms with E-state index < -0.39 is 0 Å². The van der Waals surface area contributed by atoms with E-state index >= 15 is 0 Å². The average molecular weight is 303 g/mol. The van der Waals surface area contributed by atoms with Crippen LogP contribution in [0.25, 0.3) is 10.2 Å². The molecule has 0 aliphatic heterocycles. The van der Waals surface area contributed by atoms with Gasteiger partial charge in [-0.3, -0.25) is 0 Å². The second-order valence-corrected chi connectivity index (χ2v) is 6.17. The quantitative estimate of drug-likeness (QED) is 0.653. The monoisotopic (exact) mass is 302 g/mol. The third kappa shape index (κ3) is 2.84. The molecule has 4 heteroatoms. The normalized spacial score (nSPS) is 11.1. The van der Waals surface area contributed by atoms with Crippen LogP contribution in [0.15, 0.2) is 36.4 Å². The zero-order valence-corrected chi connectivity index (χ0v) is 12.8. The largest absolute Gasteiger partial charge is 0.222 e. The number of fused-ring (bicyclic) bond motifs is 1. The van der Waals surface area contributed by atoms with Gasteiger partial charge in [0, 0.05) is 16.7 Å². The predicted octanol–water partition coefficient (Wildman–Crippen LogP) is 4.69. The molecular weight excluding hydrogens is 288 g/mol. The molecule has 2 aromatic heterocycles. The molecule has 3 rings (SSSR count). The molecule has 2 heterocycles. The molecule has 0 aliphatic rings. The van der Waals surface area contributed by atoms with Gasteiger partial charge in [0.15, 0.2) is 0 Å². The number of hydrogen-bond donors (Lipinski definition) is 0. The van der Waals surface area contributed by atoms with Gasteiger partial charge in [0.1, 0.15) is 15.8 Å². The molecule has 0 atom stereocenters. The van der Waals surface area contributed by atoms with Crippen LogP contribution in [0.3, 0.4) is 0 Å². The molecule has 0 radical (unpaired) electrons. The topological polar surface area (TPSA) is 25.8 Å². The van der Waals surface area contributed by atoms with E-state index in [1.807, 2.05) is 6.07 Å². The lowest BCUT2D eigenvalue weighted by Gasteiger charge is -2.02. The maximum Gasteiger partial charge on any atom is 0.141 e. The molecule has 0 aliphatic carbocycles. The van der Waals surface area contributed by atoms with Gasteiger partial charge in [-0.25, -0.2) is 9.97 Å². The highest BCUT2D eigenvalue weighted by atomic mass is 35.5. The maximum absolute atomic E-state index is 6.27. The molecule has 0 N–H and O–H groups in total. The van der Waals surface area contributed by atoms with E-state index in [-0.39, 0.29) is 0 Å². The first kappa shape index (κ1) is 13.5. The van der Waals surface area contributed by atoms with Gasteiger partial charge in [0.05, 0.1) is 0 Å². The summed E-state index contributed by atoms with van der Waals surface area (Å²) in [5, 5.41) is 1.56. The minimum atomic E-state index is 0.578. The summed E-state index contributed by atoms with van der Waals surface area (Å²) < 4.78 is 0. The number of thiophene rings is 1. The second kappa shape index (κ2) is 5.90. The number of halogens is 1. The SMILES string of the molecule is CCc1cc2c(Cl)nc(CCc3ccccc3)nc2s1. The molecule has 1 aromatic carbocycles. The average Bonchev–Trinajstić information content (AvgIpc) is 2.90. The Kier molecular flexibility index (Phi) is 3.99. The first-order valence-corrected chi connectivity index (χ1v) is 7.94. The number of rotatable bonds is 4. The molecule has 0 saturated heterocycles. The number of aromatic nitrogens is 2. The Hall–Kier alpha value is -1.45. The minimum absolute atomic E-state index is 0.578. The zero-order valence-electron chi connectivity index (χ0n) is 11.3. The molecule has 0 fully saturated rings. The predicted molar refractivity (Wildman–Crippen MR) is 85.7 cm³/mol. The van der Waals surface area contributed by atoms with Crippen molar-refractivity contribution in [3.8, 4) is 0 Å². The van der Waals surface area contributed by atoms with Crippen LogP contribution in [0.5, 0.6) is 0 Å². The standard InChI is InChI=1S/C16H15ClN2S/c1-2-12-10-13-15(17)18-14(19-16(13)20-12)9-8-11-6-4-3-5-7-11/h3-7,10H,2,8-9H2,1H3. The van der Waals surface area contributed by atoms with Gasteiger partial charge in [0.2, 0.25) is 0 Å². The van der Waals surface area contributed by atoms with E-state index in [1.165, 1.54) is 10.4 Å². The summed E-state index contributed by atoms with van der Waals surface area (Å²) in [7, 11) is 0. The van der Waals surface area contributed by atoms with Crippen molar-refractivity contribution in [1.82, 2.24) is 9.97 Å². The van der Waals surface area contributed by atoms with E-state index in [2.05, 4.69) is 47.2 Å². The Morgan fingerprint density at radius 3 is 2.65 bits per heavy atom. The van der Waals surface area contributed by atoms with E-state index in [0.717, 1.165) is 35.3 Å². The Morgan fingerprint density at radius 1 is 1.10 bits per heavy atom. The Bertz CT molecular complexity index is 722. The Labute approximate surface area is 127 Å². The Balaban J connectivity index is 1.85. The van der Waals surface area contributed by atoms with Crippen molar-refractivity contribution in [2.75, 3.05) is 0 Å². The summed E-state index contributed by atoms with van der Waals surface area (Å²) in [5.41, 5.74) is 1.30. The summed E-state index contributed by atoms with van der Waals surface area (Å²) >= 11 is 7.98. The van der Waals surface area contributed by atoms with Gasteiger partial charge in [-0.05, 0) is 24.5 Å². The smallest absolute Gasteiger partial charge is 0.141 e. The van der Waals surface area contributed by atoms with E-state index in [4.69, 9.17) is 11.6 Å². The number of hydrogen-bond acceptors (Lipinski definition) is 3. The Morgan fingerprint density at radius 2 is 1.90 bits per heavy atom. The van der Waals surface area contributed by atoms with Crippen molar-refractivity contribution in [3.05, 3.63) is 57.8 Å². The summed E-state index contributed by atoms with van der Waals surface area (Å²) in [6.45, 7) is 2.14. The van der Waals surface area contributed by atoms with Crippen molar-refractivity contribution in [3.63, 3.8) is 0 Å². The first-order chi connectivity index (χ1) is 9.76. The van der Waals surface area contributed by atoms with Gasteiger partial charge >= 0.3 is 0 Å². The van der Waals surface area contributed by atoms with Crippen LogP contribution in [0.4, 0.5) is 0 Å². The zero-order chi connectivity index (χ0) is 13.9. The van der Waals surface area contributed by atoms with Gasteiger partial charge in [0.25, 0.3) is 0 Å². The molecule has 0 saturated carbocycles. The molecule has 2 nitrogen and oxygen atoms in total. The third-order valence-electron chi connectivity index (χ3n) is 3.27. The highest BCUT2D eigenvalue weighted by molar-refractivity contribution is 7.18. The van der Waals surface area contributed by atoms with E-state index in [9.17, 15) is 0 Å². The van der Waals surface area contributed by atoms with Crippen LogP contribution in [0.2, 0.25) is 5.15 Å².